The van der Waals surface area contributed by atoms with Crippen LogP contribution >= 0.6 is 23.2 Å². The van der Waals surface area contributed by atoms with Crippen LogP contribution < -0.4 is 22.3 Å². The topological polar surface area (TPSA) is 135 Å². The van der Waals surface area contributed by atoms with Crippen molar-refractivity contribution in [2.24, 2.45) is 21.7 Å². The van der Waals surface area contributed by atoms with E-state index in [0.29, 0.717) is 21.2 Å². The van der Waals surface area contributed by atoms with Crippen LogP contribution in [0.3, 0.4) is 0 Å². The first-order valence-corrected chi connectivity index (χ1v) is 8.87. The van der Waals surface area contributed by atoms with Crippen molar-refractivity contribution in [2.75, 3.05) is 0 Å². The van der Waals surface area contributed by atoms with Crippen LogP contribution in [0.4, 0.5) is 0 Å². The molecule has 13 heteroatoms. The largest absolute Gasteiger partial charge is 0.741 e. The van der Waals surface area contributed by atoms with Crippen molar-refractivity contribution in [1.82, 2.24) is 10.9 Å². The molecule has 0 spiro atoms. The van der Waals surface area contributed by atoms with Gasteiger partial charge in [-0.25, -0.2) is 0 Å². The molecule has 0 bridgehead atoms. The molecule has 0 aliphatic heterocycles. The average molecular weight is 513 g/mol. The first kappa shape index (κ1) is 26.9. The van der Waals surface area contributed by atoms with Crippen LogP contribution in [0.25, 0.3) is 0 Å². The monoisotopic (exact) mass is 512 g/mol. The van der Waals surface area contributed by atoms with Crippen molar-refractivity contribution < 1.29 is 26.7 Å². The first-order chi connectivity index (χ1) is 13.2. The van der Waals surface area contributed by atoms with E-state index < -0.39 is 0 Å². The zero-order chi connectivity index (χ0) is 21.1. The predicted molar refractivity (Wildman–Crippen MR) is 117 cm³/mol. The molecule has 0 heterocycles. The first-order valence-electron chi connectivity index (χ1n) is 7.30. The quantitative estimate of drug-likeness (QED) is 0.109. The standard InChI is InChI=1S/2C8H8ClN3OS.Fe/c2*9-6-1-2-7(13)5(3-6)4-11-12-8(10)14;/h2*1-4,11H,(H3,10,12,14);/p-2. The number of amidine groups is 2. The summed E-state index contributed by atoms with van der Waals surface area (Å²) >= 11 is 20.4. The summed E-state index contributed by atoms with van der Waals surface area (Å²) in [5.74, 6) is -0.305. The second-order valence-corrected chi connectivity index (χ2v) is 6.52. The number of allylic oxidation sites excluding steroid dienone is 10. The van der Waals surface area contributed by atoms with Crippen LogP contribution in [0.5, 0.6) is 0 Å². The Hall–Kier alpha value is -2.14. The van der Waals surface area contributed by atoms with Gasteiger partial charge in [0.05, 0.1) is 0 Å². The maximum absolute atomic E-state index is 11.2. The van der Waals surface area contributed by atoms with Crippen molar-refractivity contribution in [3.8, 4) is 0 Å². The summed E-state index contributed by atoms with van der Waals surface area (Å²) in [5, 5.41) is 7.92. The van der Waals surface area contributed by atoms with Gasteiger partial charge in [-0.05, 0) is 46.8 Å². The van der Waals surface area contributed by atoms with Crippen LogP contribution in [0.15, 0.2) is 80.3 Å². The molecule has 2 rings (SSSR count). The maximum Gasteiger partial charge on any atom is 0.187 e. The van der Waals surface area contributed by atoms with Crippen molar-refractivity contribution >= 4 is 70.4 Å². The van der Waals surface area contributed by atoms with E-state index in [4.69, 9.17) is 34.7 Å². The number of hydrogen-bond donors (Lipinski definition) is 4. The van der Waals surface area contributed by atoms with Crippen molar-refractivity contribution in [2.45, 2.75) is 0 Å². The molecule has 0 radical (unpaired) electrons. The summed E-state index contributed by atoms with van der Waals surface area (Å²) in [6, 6.07) is 0. The second kappa shape index (κ2) is 13.9. The summed E-state index contributed by atoms with van der Waals surface area (Å²) in [4.78, 5) is 22.4. The van der Waals surface area contributed by atoms with Gasteiger partial charge < -0.3 is 36.7 Å². The molecular formula is C16H14Cl2FeN6O2S2-2. The maximum atomic E-state index is 11.2. The molecular weight excluding hydrogens is 499 g/mol. The Kier molecular flexibility index (Phi) is 12.9. The number of ketones is 2. The van der Waals surface area contributed by atoms with Gasteiger partial charge in [0, 0.05) is 50.7 Å². The molecule has 0 saturated heterocycles. The van der Waals surface area contributed by atoms with Gasteiger partial charge in [0.15, 0.2) is 11.6 Å². The smallest absolute Gasteiger partial charge is 0.187 e. The van der Waals surface area contributed by atoms with Crippen molar-refractivity contribution in [3.63, 3.8) is 0 Å². The molecule has 0 aromatic rings. The Bertz CT molecular complexity index is 812. The predicted octanol–water partition coefficient (Wildman–Crippen LogP) is 0.994. The molecule has 0 amide bonds. The molecule has 0 aromatic heterocycles. The molecule has 0 fully saturated rings. The summed E-state index contributed by atoms with van der Waals surface area (Å²) < 4.78 is 0. The fourth-order valence-electron chi connectivity index (χ4n) is 1.60. The molecule has 0 saturated carbocycles. The molecule has 0 atom stereocenters. The van der Waals surface area contributed by atoms with Gasteiger partial charge in [0.25, 0.3) is 0 Å². The van der Waals surface area contributed by atoms with Gasteiger partial charge in [0.2, 0.25) is 0 Å². The Morgan fingerprint density at radius 1 is 0.828 bits per heavy atom. The van der Waals surface area contributed by atoms with Crippen LogP contribution in [0.2, 0.25) is 0 Å². The number of carbonyl (C=O) groups excluding carboxylic acids is 2. The Labute approximate surface area is 198 Å². The fraction of sp³-hybridized carbons (Fsp3) is 0. The molecule has 29 heavy (non-hydrogen) atoms. The van der Waals surface area contributed by atoms with Crippen molar-refractivity contribution in [1.29, 1.82) is 0 Å². The number of hydrogen-bond acceptors (Lipinski definition) is 8. The van der Waals surface area contributed by atoms with Gasteiger partial charge in [-0.1, -0.05) is 23.2 Å². The summed E-state index contributed by atoms with van der Waals surface area (Å²) in [6.07, 6.45) is 11.6. The number of hydrazone groups is 2. The van der Waals surface area contributed by atoms with Gasteiger partial charge in [0.1, 0.15) is 0 Å². The van der Waals surface area contributed by atoms with E-state index in [0.717, 1.165) is 0 Å². The van der Waals surface area contributed by atoms with Gasteiger partial charge in [-0.2, -0.15) is 10.2 Å². The Morgan fingerprint density at radius 3 is 1.48 bits per heavy atom. The summed E-state index contributed by atoms with van der Waals surface area (Å²) in [5.41, 5.74) is 15.9. The molecule has 0 aromatic carbocycles. The minimum atomic E-state index is -0.153. The van der Waals surface area contributed by atoms with Crippen LogP contribution in [0.1, 0.15) is 0 Å². The fourth-order valence-corrected chi connectivity index (χ4v) is 2.06. The molecule has 0 unspecified atom stereocenters. The zero-order valence-electron chi connectivity index (χ0n) is 14.4. The van der Waals surface area contributed by atoms with E-state index in [-0.39, 0.29) is 39.0 Å². The van der Waals surface area contributed by atoms with Crippen LogP contribution in [-0.2, 0) is 51.9 Å². The normalized spacial score (nSPS) is 19.1. The molecule has 2 aliphatic carbocycles. The van der Waals surface area contributed by atoms with Gasteiger partial charge in [-0.15, -0.1) is 0 Å². The third kappa shape index (κ3) is 11.4. The number of nitrogens with one attached hydrogen (secondary N) is 2. The molecule has 8 nitrogen and oxygen atoms in total. The minimum absolute atomic E-state index is 0. The summed E-state index contributed by atoms with van der Waals surface area (Å²) in [6.45, 7) is 0. The van der Waals surface area contributed by atoms with E-state index in [9.17, 15) is 9.59 Å². The van der Waals surface area contributed by atoms with Crippen LogP contribution in [-0.4, -0.2) is 21.9 Å². The van der Waals surface area contributed by atoms with E-state index in [1.165, 1.54) is 48.9 Å². The van der Waals surface area contributed by atoms with Gasteiger partial charge >= 0.3 is 0 Å². The number of carbonyl (C=O) groups is 2. The molecule has 6 N–H and O–H groups in total. The number of nitrogens with zero attached hydrogens (tertiary/aromatic N) is 2. The SMILES string of the molecule is NC([S-])=NNC=C1C=C(Cl)C=CC1=O.NC([S-])=NNC=C1C=C(Cl)C=CC1=O.[Fe]. The van der Waals surface area contributed by atoms with Crippen LogP contribution in [0, 0.1) is 0 Å². The average Bonchev–Trinajstić information content (AvgIpc) is 2.61. The minimum Gasteiger partial charge on any atom is -0.741 e. The number of rotatable bonds is 4. The van der Waals surface area contributed by atoms with E-state index >= 15 is 0 Å². The van der Waals surface area contributed by atoms with E-state index in [2.05, 4.69) is 46.3 Å². The van der Waals surface area contributed by atoms with Crippen molar-refractivity contribution in [3.05, 3.63) is 70.1 Å². The molecule has 156 valence electrons. The van der Waals surface area contributed by atoms with E-state index in [1.54, 1.807) is 0 Å². The van der Waals surface area contributed by atoms with E-state index in [1.807, 2.05) is 0 Å². The number of nitrogens with two attached hydrogens (primary N) is 2. The molecule has 2 aliphatic rings. The third-order valence-electron chi connectivity index (χ3n) is 2.73. The summed E-state index contributed by atoms with van der Waals surface area (Å²) in [7, 11) is 0. The Balaban J connectivity index is 0.000000523. The Morgan fingerprint density at radius 2 is 1.17 bits per heavy atom. The number of halogens is 2. The zero-order valence-corrected chi connectivity index (χ0v) is 18.7. The second-order valence-electron chi connectivity index (χ2n) is 4.81. The third-order valence-corrected chi connectivity index (χ3v) is 3.39. The van der Waals surface area contributed by atoms with Gasteiger partial charge in [-0.3, -0.25) is 20.4 Å².